The molecule has 0 aliphatic heterocycles. The number of carbonyl (C=O) groups excluding carboxylic acids is 1. The highest BCUT2D eigenvalue weighted by molar-refractivity contribution is 5.75. The van der Waals surface area contributed by atoms with Gasteiger partial charge in [-0.05, 0) is 50.3 Å². The van der Waals surface area contributed by atoms with E-state index in [1.54, 1.807) is 0 Å². The Morgan fingerprint density at radius 3 is 2.32 bits per heavy atom. The quantitative estimate of drug-likeness (QED) is 0.700. The molecule has 0 bridgehead atoms. The lowest BCUT2D eigenvalue weighted by molar-refractivity contribution is -0.194. The Morgan fingerprint density at radius 1 is 1.24 bits per heavy atom. The van der Waals surface area contributed by atoms with E-state index in [0.29, 0.717) is 12.8 Å². The monoisotopic (exact) mass is 366 g/mol. The largest absolute Gasteiger partial charge is 0.411 e. The molecule has 140 valence electrons. The van der Waals surface area contributed by atoms with Gasteiger partial charge in [-0.1, -0.05) is 6.07 Å². The van der Waals surface area contributed by atoms with Gasteiger partial charge < -0.3 is 15.7 Å². The fraction of sp³-hybridized carbons (Fsp3) is 0.562. The molecule has 0 heterocycles. The number of rotatable bonds is 5. The van der Waals surface area contributed by atoms with Crippen molar-refractivity contribution in [3.63, 3.8) is 0 Å². The molecule has 1 aromatic carbocycles. The number of aliphatic hydroxyl groups is 1. The van der Waals surface area contributed by atoms with E-state index in [-0.39, 0.29) is 5.56 Å². The zero-order valence-electron chi connectivity index (χ0n) is 13.6. The lowest BCUT2D eigenvalue weighted by Crippen LogP contribution is -2.61. The van der Waals surface area contributed by atoms with Crippen molar-refractivity contribution >= 4 is 6.03 Å². The van der Waals surface area contributed by atoms with Crippen molar-refractivity contribution in [2.24, 2.45) is 5.92 Å². The fourth-order valence-electron chi connectivity index (χ4n) is 2.61. The highest BCUT2D eigenvalue weighted by Gasteiger charge is 2.60. The van der Waals surface area contributed by atoms with Crippen LogP contribution in [0, 0.1) is 17.6 Å². The standard InChI is InChI=1S/C16H19F5N2O2/c1-8(13(24)9-3-6-11(17)12(18)7-9)22-14(25)23-15(2,10-4-5-10)16(19,20)21/h3,6-8,10,13,24H,4-5H2,1-2H3,(H2,22,23,25). The molecular weight excluding hydrogens is 347 g/mol. The second-order valence-corrected chi connectivity index (χ2v) is 6.48. The summed E-state index contributed by atoms with van der Waals surface area (Å²) in [6.07, 6.45) is -5.31. The van der Waals surface area contributed by atoms with Gasteiger partial charge in [0.25, 0.3) is 0 Å². The predicted molar refractivity (Wildman–Crippen MR) is 79.6 cm³/mol. The molecule has 1 aliphatic rings. The van der Waals surface area contributed by atoms with Crippen LogP contribution in [0.3, 0.4) is 0 Å². The SMILES string of the molecule is CC(NC(=O)NC(C)(C1CC1)C(F)(F)F)C(O)c1ccc(F)c(F)c1. The van der Waals surface area contributed by atoms with Crippen LogP contribution in [0.25, 0.3) is 0 Å². The molecule has 0 spiro atoms. The molecule has 3 N–H and O–H groups in total. The number of alkyl halides is 3. The highest BCUT2D eigenvalue weighted by Crippen LogP contribution is 2.47. The van der Waals surface area contributed by atoms with Crippen molar-refractivity contribution in [3.05, 3.63) is 35.4 Å². The van der Waals surface area contributed by atoms with Crippen LogP contribution in [0.2, 0.25) is 0 Å². The number of carbonyl (C=O) groups is 1. The zero-order valence-corrected chi connectivity index (χ0v) is 13.6. The smallest absolute Gasteiger partial charge is 0.386 e. The van der Waals surface area contributed by atoms with E-state index in [1.165, 1.54) is 6.92 Å². The molecular formula is C16H19F5N2O2. The topological polar surface area (TPSA) is 61.4 Å². The van der Waals surface area contributed by atoms with Gasteiger partial charge in [-0.2, -0.15) is 13.2 Å². The van der Waals surface area contributed by atoms with Crippen LogP contribution >= 0.6 is 0 Å². The summed E-state index contributed by atoms with van der Waals surface area (Å²) in [6, 6.07) is 0.583. The minimum Gasteiger partial charge on any atom is -0.386 e. The van der Waals surface area contributed by atoms with Gasteiger partial charge in [0.2, 0.25) is 0 Å². The molecule has 1 saturated carbocycles. The molecule has 1 aliphatic carbocycles. The maximum atomic E-state index is 13.2. The lowest BCUT2D eigenvalue weighted by atomic mass is 9.95. The van der Waals surface area contributed by atoms with Crippen molar-refractivity contribution in [2.45, 2.75) is 50.6 Å². The Labute approximate surface area is 141 Å². The molecule has 3 atom stereocenters. The Balaban J connectivity index is 2.02. The van der Waals surface area contributed by atoms with Crippen LogP contribution in [-0.4, -0.2) is 28.9 Å². The number of halogens is 5. The van der Waals surface area contributed by atoms with Gasteiger partial charge in [-0.25, -0.2) is 13.6 Å². The molecule has 2 amide bonds. The van der Waals surface area contributed by atoms with E-state index < -0.39 is 47.4 Å². The van der Waals surface area contributed by atoms with Crippen LogP contribution in [0.4, 0.5) is 26.7 Å². The summed E-state index contributed by atoms with van der Waals surface area (Å²) in [5, 5.41) is 14.2. The first-order valence-corrected chi connectivity index (χ1v) is 7.74. The molecule has 0 saturated heterocycles. The molecule has 0 radical (unpaired) electrons. The van der Waals surface area contributed by atoms with Crippen LogP contribution in [0.15, 0.2) is 18.2 Å². The number of amides is 2. The van der Waals surface area contributed by atoms with Crippen molar-refractivity contribution < 1.29 is 31.9 Å². The molecule has 0 aromatic heterocycles. The molecule has 1 fully saturated rings. The van der Waals surface area contributed by atoms with Crippen LogP contribution in [0.5, 0.6) is 0 Å². The Bertz CT molecular complexity index is 648. The number of urea groups is 1. The Morgan fingerprint density at radius 2 is 1.84 bits per heavy atom. The third-order valence-corrected chi connectivity index (χ3v) is 4.47. The molecule has 4 nitrogen and oxygen atoms in total. The minimum absolute atomic E-state index is 0.00697. The number of nitrogens with one attached hydrogen (secondary N) is 2. The van der Waals surface area contributed by atoms with Crippen LogP contribution in [-0.2, 0) is 0 Å². The summed E-state index contributed by atoms with van der Waals surface area (Å²) in [6.45, 7) is 2.26. The molecule has 1 aromatic rings. The second kappa shape index (κ2) is 6.78. The first-order chi connectivity index (χ1) is 11.5. The lowest BCUT2D eigenvalue weighted by Gasteiger charge is -2.34. The first kappa shape index (κ1) is 19.4. The highest BCUT2D eigenvalue weighted by atomic mass is 19.4. The van der Waals surface area contributed by atoms with E-state index in [4.69, 9.17) is 0 Å². The predicted octanol–water partition coefficient (Wildman–Crippen LogP) is 3.42. The zero-order chi connectivity index (χ0) is 19.0. The first-order valence-electron chi connectivity index (χ1n) is 7.74. The van der Waals surface area contributed by atoms with Crippen molar-refractivity contribution in [3.8, 4) is 0 Å². The van der Waals surface area contributed by atoms with Crippen LogP contribution in [0.1, 0.15) is 38.4 Å². The average molecular weight is 366 g/mol. The normalized spacial score (nSPS) is 19.7. The second-order valence-electron chi connectivity index (χ2n) is 6.48. The van der Waals surface area contributed by atoms with Gasteiger partial charge >= 0.3 is 12.2 Å². The van der Waals surface area contributed by atoms with Gasteiger partial charge in [0, 0.05) is 0 Å². The molecule has 9 heteroatoms. The number of hydrogen-bond donors (Lipinski definition) is 3. The summed E-state index contributed by atoms with van der Waals surface area (Å²) in [7, 11) is 0. The molecule has 3 unspecified atom stereocenters. The number of aliphatic hydroxyl groups excluding tert-OH is 1. The third kappa shape index (κ3) is 4.20. The van der Waals surface area contributed by atoms with E-state index in [1.807, 2.05) is 5.32 Å². The molecule has 2 rings (SSSR count). The van der Waals surface area contributed by atoms with E-state index >= 15 is 0 Å². The summed E-state index contributed by atoms with van der Waals surface area (Å²) in [5.41, 5.74) is -2.36. The van der Waals surface area contributed by atoms with Crippen molar-refractivity contribution in [1.29, 1.82) is 0 Å². The summed E-state index contributed by atoms with van der Waals surface area (Å²) in [5.74, 6) is -2.96. The van der Waals surface area contributed by atoms with Crippen molar-refractivity contribution in [1.82, 2.24) is 10.6 Å². The summed E-state index contributed by atoms with van der Waals surface area (Å²) in [4.78, 5) is 11.9. The summed E-state index contributed by atoms with van der Waals surface area (Å²) < 4.78 is 65.8. The Kier molecular flexibility index (Phi) is 5.27. The molecule has 25 heavy (non-hydrogen) atoms. The van der Waals surface area contributed by atoms with Crippen LogP contribution < -0.4 is 10.6 Å². The minimum atomic E-state index is -4.62. The number of benzene rings is 1. The van der Waals surface area contributed by atoms with E-state index in [9.17, 15) is 31.9 Å². The summed E-state index contributed by atoms with van der Waals surface area (Å²) >= 11 is 0. The van der Waals surface area contributed by atoms with Crippen molar-refractivity contribution in [2.75, 3.05) is 0 Å². The van der Waals surface area contributed by atoms with E-state index in [2.05, 4.69) is 5.32 Å². The fourth-order valence-corrected chi connectivity index (χ4v) is 2.61. The number of hydrogen-bond acceptors (Lipinski definition) is 2. The maximum Gasteiger partial charge on any atom is 0.411 e. The average Bonchev–Trinajstić information content (AvgIpc) is 3.32. The van der Waals surface area contributed by atoms with Gasteiger partial charge in [-0.15, -0.1) is 0 Å². The van der Waals surface area contributed by atoms with Gasteiger partial charge in [0.15, 0.2) is 11.6 Å². The van der Waals surface area contributed by atoms with E-state index in [0.717, 1.165) is 25.1 Å². The third-order valence-electron chi connectivity index (χ3n) is 4.47. The Hall–Kier alpha value is -1.90. The van der Waals surface area contributed by atoms with Gasteiger partial charge in [0.1, 0.15) is 5.54 Å². The maximum absolute atomic E-state index is 13.2. The van der Waals surface area contributed by atoms with Gasteiger partial charge in [0.05, 0.1) is 12.1 Å². The van der Waals surface area contributed by atoms with Gasteiger partial charge in [-0.3, -0.25) is 0 Å².